The molecular formula is C22H26N3O5S3+. The van der Waals surface area contributed by atoms with Gasteiger partial charge in [-0.05, 0) is 47.7 Å². The highest BCUT2D eigenvalue weighted by atomic mass is 32.2. The molecule has 176 valence electrons. The fourth-order valence-corrected chi connectivity index (χ4v) is 6.17. The summed E-state index contributed by atoms with van der Waals surface area (Å²) >= 11 is 1.50. The van der Waals surface area contributed by atoms with Gasteiger partial charge in [0.05, 0.1) is 23.0 Å². The SMILES string of the molecule is C[n+]1nc(-c2ccc(S(C)(=O)=O)cc2)sc1N(c1ccc(S(C)(=O)=O)cc1)C1CCOCC1. The monoisotopic (exact) mass is 508 g/mol. The zero-order chi connectivity index (χ0) is 23.8. The number of hydrogen-bond acceptors (Lipinski definition) is 8. The molecule has 33 heavy (non-hydrogen) atoms. The molecule has 1 aromatic heterocycles. The van der Waals surface area contributed by atoms with Crippen LogP contribution < -0.4 is 9.58 Å². The van der Waals surface area contributed by atoms with Crippen LogP contribution in [0.5, 0.6) is 0 Å². The minimum absolute atomic E-state index is 0.176. The third kappa shape index (κ3) is 5.26. The van der Waals surface area contributed by atoms with Gasteiger partial charge < -0.3 is 4.74 Å². The van der Waals surface area contributed by atoms with Crippen LogP contribution in [-0.4, -0.2) is 53.7 Å². The second-order valence-electron chi connectivity index (χ2n) is 8.09. The van der Waals surface area contributed by atoms with Crippen LogP contribution in [-0.2, 0) is 31.5 Å². The molecule has 11 heteroatoms. The van der Waals surface area contributed by atoms with E-state index in [1.54, 1.807) is 36.4 Å². The summed E-state index contributed by atoms with van der Waals surface area (Å²) in [6, 6.07) is 13.8. The zero-order valence-corrected chi connectivity index (χ0v) is 21.1. The molecule has 0 radical (unpaired) electrons. The van der Waals surface area contributed by atoms with Gasteiger partial charge in [-0.2, -0.15) is 0 Å². The van der Waals surface area contributed by atoms with Crippen molar-refractivity contribution in [2.45, 2.75) is 28.7 Å². The summed E-state index contributed by atoms with van der Waals surface area (Å²) in [5, 5.41) is 6.35. The van der Waals surface area contributed by atoms with Gasteiger partial charge in [-0.25, -0.2) is 21.7 Å². The van der Waals surface area contributed by atoms with Crippen molar-refractivity contribution >= 4 is 41.8 Å². The Labute approximate surface area is 198 Å². The van der Waals surface area contributed by atoms with Gasteiger partial charge in [0.25, 0.3) is 0 Å². The Balaban J connectivity index is 1.74. The molecule has 1 aliphatic heterocycles. The lowest BCUT2D eigenvalue weighted by molar-refractivity contribution is -0.713. The molecule has 1 fully saturated rings. The molecule has 0 saturated carbocycles. The molecule has 8 nitrogen and oxygen atoms in total. The molecule has 0 bridgehead atoms. The van der Waals surface area contributed by atoms with Crippen molar-refractivity contribution in [1.82, 2.24) is 5.10 Å². The first-order valence-electron chi connectivity index (χ1n) is 10.4. The molecule has 0 amide bonds. The maximum absolute atomic E-state index is 11.9. The Morgan fingerprint density at radius 3 is 1.94 bits per heavy atom. The summed E-state index contributed by atoms with van der Waals surface area (Å²) in [7, 11) is -4.68. The summed E-state index contributed by atoms with van der Waals surface area (Å²) in [6.45, 7) is 1.32. The number of hydrogen-bond donors (Lipinski definition) is 0. The van der Waals surface area contributed by atoms with Crippen LogP contribution in [0.1, 0.15) is 12.8 Å². The lowest BCUT2D eigenvalue weighted by Gasteiger charge is -2.28. The van der Waals surface area contributed by atoms with Crippen molar-refractivity contribution in [3.05, 3.63) is 48.5 Å². The largest absolute Gasteiger partial charge is 0.381 e. The van der Waals surface area contributed by atoms with E-state index in [0.29, 0.717) is 13.2 Å². The molecule has 3 aromatic rings. The fraction of sp³-hybridized carbons (Fsp3) is 0.364. The number of aryl methyl sites for hydroxylation is 1. The minimum Gasteiger partial charge on any atom is -0.381 e. The van der Waals surface area contributed by atoms with Crippen molar-refractivity contribution in [2.75, 3.05) is 30.6 Å². The van der Waals surface area contributed by atoms with Crippen LogP contribution in [0.2, 0.25) is 0 Å². The minimum atomic E-state index is -3.29. The van der Waals surface area contributed by atoms with E-state index in [0.717, 1.165) is 34.2 Å². The molecule has 2 aromatic carbocycles. The first kappa shape index (κ1) is 23.8. The average molecular weight is 509 g/mol. The van der Waals surface area contributed by atoms with Crippen molar-refractivity contribution in [1.29, 1.82) is 0 Å². The second kappa shape index (κ2) is 9.13. The highest BCUT2D eigenvalue weighted by Gasteiger charge is 2.34. The maximum Gasteiger partial charge on any atom is 0.363 e. The third-order valence-corrected chi connectivity index (χ3v) is 8.95. The lowest BCUT2D eigenvalue weighted by Crippen LogP contribution is -2.43. The normalized spacial score (nSPS) is 15.5. The van der Waals surface area contributed by atoms with Gasteiger partial charge >= 0.3 is 5.13 Å². The Bertz CT molecular complexity index is 1340. The molecule has 2 heterocycles. The van der Waals surface area contributed by atoms with Crippen LogP contribution >= 0.6 is 11.3 Å². The van der Waals surface area contributed by atoms with Gasteiger partial charge in [0.1, 0.15) is 18.8 Å². The molecule has 0 aliphatic carbocycles. The number of benzene rings is 2. The summed E-state index contributed by atoms with van der Waals surface area (Å²) in [5.74, 6) is 0. The van der Waals surface area contributed by atoms with Crippen LogP contribution in [0.4, 0.5) is 10.8 Å². The lowest BCUT2D eigenvalue weighted by atomic mass is 10.1. The molecule has 0 atom stereocenters. The Hall–Kier alpha value is -2.34. The van der Waals surface area contributed by atoms with E-state index >= 15 is 0 Å². The predicted octanol–water partition coefficient (Wildman–Crippen LogP) is 2.76. The van der Waals surface area contributed by atoms with E-state index in [1.165, 1.54) is 23.8 Å². The third-order valence-electron chi connectivity index (χ3n) is 5.54. The van der Waals surface area contributed by atoms with E-state index < -0.39 is 19.7 Å². The molecule has 0 unspecified atom stereocenters. The zero-order valence-electron chi connectivity index (χ0n) is 18.6. The molecule has 1 saturated heterocycles. The quantitative estimate of drug-likeness (QED) is 0.472. The van der Waals surface area contributed by atoms with Crippen LogP contribution in [0.15, 0.2) is 58.3 Å². The number of rotatable bonds is 6. The number of aromatic nitrogens is 2. The summed E-state index contributed by atoms with van der Waals surface area (Å²) in [4.78, 5) is 2.74. The average Bonchev–Trinajstić information content (AvgIpc) is 3.15. The molecule has 4 rings (SSSR count). The van der Waals surface area contributed by atoms with E-state index in [1.807, 2.05) is 23.9 Å². The van der Waals surface area contributed by atoms with Crippen LogP contribution in [0, 0.1) is 0 Å². The van der Waals surface area contributed by atoms with Crippen molar-refractivity contribution in [2.24, 2.45) is 7.05 Å². The molecule has 1 aliphatic rings. The van der Waals surface area contributed by atoms with E-state index in [-0.39, 0.29) is 15.8 Å². The fourth-order valence-electron chi connectivity index (χ4n) is 3.79. The smallest absolute Gasteiger partial charge is 0.363 e. The van der Waals surface area contributed by atoms with Gasteiger partial charge in [0.15, 0.2) is 24.7 Å². The van der Waals surface area contributed by atoms with Gasteiger partial charge in [0.2, 0.25) is 0 Å². The number of nitrogens with zero attached hydrogens (tertiary/aromatic N) is 3. The first-order valence-corrected chi connectivity index (χ1v) is 15.0. The van der Waals surface area contributed by atoms with Gasteiger partial charge in [-0.3, -0.25) is 0 Å². The van der Waals surface area contributed by atoms with Gasteiger partial charge in [0, 0.05) is 30.9 Å². The van der Waals surface area contributed by atoms with E-state index in [2.05, 4.69) is 10.00 Å². The predicted molar refractivity (Wildman–Crippen MR) is 127 cm³/mol. The Morgan fingerprint density at radius 2 is 1.42 bits per heavy atom. The maximum atomic E-state index is 11.9. The number of ether oxygens (including phenoxy) is 1. The Morgan fingerprint density at radius 1 is 0.909 bits per heavy atom. The van der Waals surface area contributed by atoms with Crippen LogP contribution in [0.3, 0.4) is 0 Å². The van der Waals surface area contributed by atoms with Crippen LogP contribution in [0.25, 0.3) is 10.6 Å². The highest BCUT2D eigenvalue weighted by molar-refractivity contribution is 7.91. The summed E-state index contributed by atoms with van der Waals surface area (Å²) in [6.07, 6.45) is 4.06. The second-order valence-corrected chi connectivity index (χ2v) is 13.1. The molecule has 0 N–H and O–H groups in total. The van der Waals surface area contributed by atoms with Crippen molar-refractivity contribution in [3.63, 3.8) is 0 Å². The van der Waals surface area contributed by atoms with Gasteiger partial charge in [-0.1, -0.05) is 17.2 Å². The summed E-state index contributed by atoms with van der Waals surface area (Å²) < 4.78 is 54.7. The van der Waals surface area contributed by atoms with E-state index in [9.17, 15) is 16.8 Å². The standard InChI is InChI=1S/C22H26N3O5S3/c1-24-22(31-21(23-24)16-4-8-19(9-5-16)32(2,26)27)25(18-12-14-30-15-13-18)17-6-10-20(11-7-17)33(3,28)29/h4-11,18H,12-15H2,1-3H3/q+1. The summed E-state index contributed by atoms with van der Waals surface area (Å²) in [5.41, 5.74) is 1.71. The molecule has 0 spiro atoms. The highest BCUT2D eigenvalue weighted by Crippen LogP contribution is 2.36. The molecular weight excluding hydrogens is 482 g/mol. The number of sulfone groups is 2. The van der Waals surface area contributed by atoms with E-state index in [4.69, 9.17) is 4.74 Å². The first-order chi connectivity index (χ1) is 15.5. The van der Waals surface area contributed by atoms with Crippen molar-refractivity contribution in [3.8, 4) is 10.6 Å². The topological polar surface area (TPSA) is 97.5 Å². The van der Waals surface area contributed by atoms with Gasteiger partial charge in [-0.15, -0.1) is 4.68 Å². The number of anilines is 2. The van der Waals surface area contributed by atoms with Crippen molar-refractivity contribution < 1.29 is 26.3 Å². The Kier molecular flexibility index (Phi) is 6.59.